The van der Waals surface area contributed by atoms with Gasteiger partial charge in [-0.3, -0.25) is 9.58 Å². The van der Waals surface area contributed by atoms with Gasteiger partial charge in [0.05, 0.1) is 5.69 Å². The predicted octanol–water partition coefficient (Wildman–Crippen LogP) is 5.75. The molecule has 3 N–H and O–H groups in total. The highest BCUT2D eigenvalue weighted by atomic mass is 35.5. The molecule has 0 radical (unpaired) electrons. The van der Waals surface area contributed by atoms with Crippen LogP contribution in [0.1, 0.15) is 33.6 Å². The third-order valence-electron chi connectivity index (χ3n) is 6.41. The summed E-state index contributed by atoms with van der Waals surface area (Å²) in [4.78, 5) is 27.0. The van der Waals surface area contributed by atoms with Gasteiger partial charge in [-0.1, -0.05) is 11.6 Å². The maximum Gasteiger partial charge on any atom is 0.407 e. The summed E-state index contributed by atoms with van der Waals surface area (Å²) < 4.78 is 13.4. The Kier molecular flexibility index (Phi) is 9.54. The van der Waals surface area contributed by atoms with Crippen LogP contribution >= 0.6 is 11.6 Å². The maximum atomic E-state index is 12.6. The molecule has 0 atom stereocenters. The fourth-order valence-corrected chi connectivity index (χ4v) is 4.58. The smallest absolute Gasteiger partial charge is 0.407 e. The molecule has 1 aliphatic rings. The zero-order valence-electron chi connectivity index (χ0n) is 23.4. The van der Waals surface area contributed by atoms with Gasteiger partial charge >= 0.3 is 12.1 Å². The second-order valence-corrected chi connectivity index (χ2v) is 11.2. The van der Waals surface area contributed by atoms with Gasteiger partial charge in [-0.25, -0.2) is 9.59 Å². The number of aryl methyl sites for hydroxylation is 1. The molecule has 11 heteroatoms. The van der Waals surface area contributed by atoms with Crippen molar-refractivity contribution in [2.45, 2.75) is 45.3 Å². The molecule has 0 saturated carbocycles. The van der Waals surface area contributed by atoms with Crippen LogP contribution in [-0.2, 0) is 11.8 Å². The van der Waals surface area contributed by atoms with Gasteiger partial charge in [0.25, 0.3) is 0 Å². The number of ether oxygens (including phenoxy) is 2. The molecule has 3 amide bonds. The fraction of sp³-hybridized carbons (Fsp3) is 0.414. The molecule has 1 aliphatic heterocycles. The number of hydrogen-bond donors (Lipinski definition) is 3. The van der Waals surface area contributed by atoms with Crippen molar-refractivity contribution in [3.8, 4) is 17.0 Å². The lowest BCUT2D eigenvalue weighted by atomic mass is 10.1. The quantitative estimate of drug-likeness (QED) is 0.319. The number of aromatic nitrogens is 2. The molecule has 4 rings (SSSR count). The summed E-state index contributed by atoms with van der Waals surface area (Å²) in [6.07, 6.45) is 3.08. The van der Waals surface area contributed by atoms with Crippen molar-refractivity contribution in [1.29, 1.82) is 0 Å². The van der Waals surface area contributed by atoms with Crippen LogP contribution in [0.25, 0.3) is 11.3 Å². The molecule has 1 aromatic heterocycles. The topological polar surface area (TPSA) is 110 Å². The van der Waals surface area contributed by atoms with Crippen LogP contribution in [-0.4, -0.2) is 64.7 Å². The molecule has 40 heavy (non-hydrogen) atoms. The van der Waals surface area contributed by atoms with Crippen molar-refractivity contribution in [1.82, 2.24) is 20.0 Å². The molecule has 0 unspecified atom stereocenters. The fourth-order valence-electron chi connectivity index (χ4n) is 4.46. The van der Waals surface area contributed by atoms with Crippen LogP contribution < -0.4 is 20.7 Å². The summed E-state index contributed by atoms with van der Waals surface area (Å²) in [7, 11) is 1.86. The summed E-state index contributed by atoms with van der Waals surface area (Å²) in [5.41, 5.74) is 2.44. The molecule has 0 spiro atoms. The van der Waals surface area contributed by atoms with E-state index >= 15 is 0 Å². The number of hydrogen-bond acceptors (Lipinski definition) is 6. The highest BCUT2D eigenvalue weighted by Crippen LogP contribution is 2.32. The summed E-state index contributed by atoms with van der Waals surface area (Å²) in [6.45, 7) is 8.57. The van der Waals surface area contributed by atoms with E-state index in [2.05, 4.69) is 25.9 Å². The van der Waals surface area contributed by atoms with E-state index in [1.165, 1.54) is 0 Å². The molecule has 2 aromatic carbocycles. The van der Waals surface area contributed by atoms with Crippen molar-refractivity contribution in [3.05, 3.63) is 59.8 Å². The standard InChI is InChI=1S/C29H37ClN6O4/c1-29(2,3)40-28(38)34-22-12-15-36(16-13-22)17-18-39-26-10-9-23(19-24(26)25-11-14-31-35(25)4)33-27(37)32-21-7-5-20(30)6-8-21/h5-11,14,19,22H,12-13,15-18H2,1-4H3,(H,34,38)(H2,32,33,37). The molecule has 1 saturated heterocycles. The van der Waals surface area contributed by atoms with Gasteiger partial charge in [-0.05, 0) is 82.1 Å². The number of nitrogens with one attached hydrogen (secondary N) is 3. The third kappa shape index (κ3) is 8.62. The second kappa shape index (κ2) is 13.1. The lowest BCUT2D eigenvalue weighted by molar-refractivity contribution is 0.0476. The van der Waals surface area contributed by atoms with Crippen molar-refractivity contribution >= 4 is 35.1 Å². The summed E-state index contributed by atoms with van der Waals surface area (Å²) in [5.74, 6) is 0.703. The number of halogens is 1. The third-order valence-corrected chi connectivity index (χ3v) is 6.66. The number of amides is 3. The van der Waals surface area contributed by atoms with Gasteiger partial charge in [0, 0.05) is 60.9 Å². The first-order valence-corrected chi connectivity index (χ1v) is 13.7. The molecule has 3 aromatic rings. The van der Waals surface area contributed by atoms with Gasteiger partial charge < -0.3 is 25.4 Å². The predicted molar refractivity (Wildman–Crippen MR) is 157 cm³/mol. The van der Waals surface area contributed by atoms with Crippen molar-refractivity contribution < 1.29 is 19.1 Å². The minimum Gasteiger partial charge on any atom is -0.492 e. The first-order valence-electron chi connectivity index (χ1n) is 13.4. The van der Waals surface area contributed by atoms with Crippen LogP contribution in [0.3, 0.4) is 0 Å². The van der Waals surface area contributed by atoms with Gasteiger partial charge in [0.2, 0.25) is 0 Å². The number of carbonyl (C=O) groups excluding carboxylic acids is 2. The van der Waals surface area contributed by atoms with E-state index in [0.717, 1.165) is 43.7 Å². The number of urea groups is 1. The molecule has 0 aliphatic carbocycles. The number of alkyl carbamates (subject to hydrolysis) is 1. The Bertz CT molecular complexity index is 1300. The lowest BCUT2D eigenvalue weighted by Gasteiger charge is -2.32. The lowest BCUT2D eigenvalue weighted by Crippen LogP contribution is -2.46. The molecule has 2 heterocycles. The first-order chi connectivity index (χ1) is 19.1. The molecular formula is C29H37ClN6O4. The van der Waals surface area contributed by atoms with E-state index in [1.54, 1.807) is 35.1 Å². The average molecular weight is 569 g/mol. The minimum atomic E-state index is -0.505. The SMILES string of the molecule is Cn1nccc1-c1cc(NC(=O)Nc2ccc(Cl)cc2)ccc1OCCN1CCC(NC(=O)OC(C)(C)C)CC1. The van der Waals surface area contributed by atoms with Gasteiger partial charge in [-0.15, -0.1) is 0 Å². The summed E-state index contributed by atoms with van der Waals surface area (Å²) in [6, 6.07) is 14.1. The average Bonchev–Trinajstić information content (AvgIpc) is 3.31. The highest BCUT2D eigenvalue weighted by molar-refractivity contribution is 6.30. The number of piperidine rings is 1. The Labute approximate surface area is 240 Å². The Balaban J connectivity index is 1.32. The Hall–Kier alpha value is -3.76. The van der Waals surface area contributed by atoms with E-state index in [-0.39, 0.29) is 18.2 Å². The van der Waals surface area contributed by atoms with E-state index in [1.807, 2.05) is 52.1 Å². The molecule has 0 bridgehead atoms. The first kappa shape index (κ1) is 29.2. The van der Waals surface area contributed by atoms with Crippen LogP contribution in [0.15, 0.2) is 54.7 Å². The Morgan fingerprint density at radius 3 is 2.35 bits per heavy atom. The number of likely N-dealkylation sites (tertiary alicyclic amines) is 1. The number of benzene rings is 2. The van der Waals surface area contributed by atoms with Gasteiger partial charge in [-0.2, -0.15) is 5.10 Å². The summed E-state index contributed by atoms with van der Waals surface area (Å²) >= 11 is 5.92. The van der Waals surface area contributed by atoms with Crippen LogP contribution in [0.4, 0.5) is 21.0 Å². The van der Waals surface area contributed by atoms with Gasteiger partial charge in [0.15, 0.2) is 0 Å². The van der Waals surface area contributed by atoms with Crippen LogP contribution in [0, 0.1) is 0 Å². The second-order valence-electron chi connectivity index (χ2n) is 10.7. The van der Waals surface area contributed by atoms with Crippen LogP contribution in [0.5, 0.6) is 5.75 Å². The van der Waals surface area contributed by atoms with E-state index in [0.29, 0.717) is 28.8 Å². The van der Waals surface area contributed by atoms with Crippen molar-refractivity contribution in [2.24, 2.45) is 7.05 Å². The minimum absolute atomic E-state index is 0.111. The molecule has 10 nitrogen and oxygen atoms in total. The van der Waals surface area contributed by atoms with E-state index in [4.69, 9.17) is 21.1 Å². The molecular weight excluding hydrogens is 532 g/mol. The largest absolute Gasteiger partial charge is 0.492 e. The summed E-state index contributed by atoms with van der Waals surface area (Å²) in [5, 5.41) is 13.5. The zero-order chi connectivity index (χ0) is 28.7. The van der Waals surface area contributed by atoms with Crippen molar-refractivity contribution in [3.63, 3.8) is 0 Å². The Morgan fingerprint density at radius 1 is 1.02 bits per heavy atom. The number of rotatable bonds is 8. The zero-order valence-corrected chi connectivity index (χ0v) is 24.1. The monoisotopic (exact) mass is 568 g/mol. The number of nitrogens with zero attached hydrogens (tertiary/aromatic N) is 3. The van der Waals surface area contributed by atoms with E-state index < -0.39 is 5.60 Å². The normalized spacial score (nSPS) is 14.4. The molecule has 214 valence electrons. The van der Waals surface area contributed by atoms with Crippen LogP contribution in [0.2, 0.25) is 5.02 Å². The number of carbonyl (C=O) groups is 2. The molecule has 1 fully saturated rings. The van der Waals surface area contributed by atoms with Gasteiger partial charge in [0.1, 0.15) is 18.0 Å². The maximum absolute atomic E-state index is 12.6. The van der Waals surface area contributed by atoms with E-state index in [9.17, 15) is 9.59 Å². The number of anilines is 2. The highest BCUT2D eigenvalue weighted by Gasteiger charge is 2.23. The Morgan fingerprint density at radius 2 is 1.70 bits per heavy atom. The van der Waals surface area contributed by atoms with Crippen molar-refractivity contribution in [2.75, 3.05) is 36.9 Å².